The van der Waals surface area contributed by atoms with Gasteiger partial charge in [0.05, 0.1) is 13.3 Å². The van der Waals surface area contributed by atoms with E-state index in [1.165, 1.54) is 13.3 Å². The van der Waals surface area contributed by atoms with E-state index in [0.717, 1.165) is 12.2 Å². The van der Waals surface area contributed by atoms with Gasteiger partial charge in [0.25, 0.3) is 0 Å². The van der Waals surface area contributed by atoms with Crippen molar-refractivity contribution >= 4 is 17.4 Å². The normalized spacial score (nSPS) is 21.0. The number of nitrogens with one attached hydrogen (secondary N) is 2. The van der Waals surface area contributed by atoms with Gasteiger partial charge >= 0.3 is 6.01 Å². The fourth-order valence-electron chi connectivity index (χ4n) is 2.42. The molecule has 0 aliphatic carbocycles. The highest BCUT2D eigenvalue weighted by atomic mass is 35.5. The molecule has 0 aromatic carbocycles. The van der Waals surface area contributed by atoms with E-state index >= 15 is 0 Å². The number of H-pyrrole nitrogens is 1. The Morgan fingerprint density at radius 1 is 1.50 bits per heavy atom. The molecule has 1 aliphatic rings. The predicted octanol–water partition coefficient (Wildman–Crippen LogP) is 1.75. The molecule has 0 bridgehead atoms. The molecule has 1 aliphatic heterocycles. The van der Waals surface area contributed by atoms with Crippen molar-refractivity contribution in [2.75, 3.05) is 25.6 Å². The quantitative estimate of drug-likeness (QED) is 0.864. The van der Waals surface area contributed by atoms with Crippen molar-refractivity contribution in [3.8, 4) is 6.01 Å². The molecule has 2 N–H and O–H groups in total. The minimum absolute atomic E-state index is 0.125. The van der Waals surface area contributed by atoms with Gasteiger partial charge in [0.15, 0.2) is 11.6 Å². The molecule has 22 heavy (non-hydrogen) atoms. The molecular formula is C13H17ClN6O2. The molecule has 118 valence electrons. The van der Waals surface area contributed by atoms with Gasteiger partial charge in [0, 0.05) is 19.1 Å². The summed E-state index contributed by atoms with van der Waals surface area (Å²) in [7, 11) is 1.51. The third kappa shape index (κ3) is 3.12. The van der Waals surface area contributed by atoms with Gasteiger partial charge in [-0.2, -0.15) is 10.1 Å². The maximum absolute atomic E-state index is 6.09. The Morgan fingerprint density at radius 3 is 3.09 bits per heavy atom. The highest BCUT2D eigenvalue weighted by Crippen LogP contribution is 2.33. The van der Waals surface area contributed by atoms with Crippen molar-refractivity contribution in [3.63, 3.8) is 0 Å². The van der Waals surface area contributed by atoms with E-state index in [0.29, 0.717) is 29.8 Å². The molecular weight excluding hydrogens is 308 g/mol. The van der Waals surface area contributed by atoms with Crippen LogP contribution in [0.1, 0.15) is 24.2 Å². The van der Waals surface area contributed by atoms with Gasteiger partial charge in [-0.05, 0) is 13.3 Å². The molecule has 2 atom stereocenters. The zero-order chi connectivity index (χ0) is 15.5. The number of aromatic amines is 1. The fourth-order valence-corrected chi connectivity index (χ4v) is 2.57. The number of hydrogen-bond acceptors (Lipinski definition) is 7. The van der Waals surface area contributed by atoms with Crippen LogP contribution in [0.3, 0.4) is 0 Å². The first kappa shape index (κ1) is 15.0. The van der Waals surface area contributed by atoms with Gasteiger partial charge < -0.3 is 14.8 Å². The van der Waals surface area contributed by atoms with Crippen LogP contribution in [0.4, 0.5) is 5.82 Å². The summed E-state index contributed by atoms with van der Waals surface area (Å²) in [6.07, 6.45) is 2.31. The lowest BCUT2D eigenvalue weighted by atomic mass is 10.0. The highest BCUT2D eigenvalue weighted by Gasteiger charge is 2.32. The van der Waals surface area contributed by atoms with Gasteiger partial charge in [0.2, 0.25) is 0 Å². The number of aryl methyl sites for hydroxylation is 1. The molecule has 0 spiro atoms. The first-order valence-electron chi connectivity index (χ1n) is 6.98. The third-order valence-corrected chi connectivity index (χ3v) is 3.80. The summed E-state index contributed by atoms with van der Waals surface area (Å²) in [6.45, 7) is 3.20. The highest BCUT2D eigenvalue weighted by molar-refractivity contribution is 6.32. The van der Waals surface area contributed by atoms with Gasteiger partial charge in [0.1, 0.15) is 17.0 Å². The van der Waals surface area contributed by atoms with E-state index in [2.05, 4.69) is 30.5 Å². The summed E-state index contributed by atoms with van der Waals surface area (Å²) >= 11 is 6.09. The SMILES string of the molecule is COc1ncc(Cl)c(NC[C@@H]2CCO[C@@H]2c2n[nH]c(C)n2)n1. The predicted molar refractivity (Wildman–Crippen MR) is 80.0 cm³/mol. The number of anilines is 1. The number of aromatic nitrogens is 5. The van der Waals surface area contributed by atoms with Crippen molar-refractivity contribution < 1.29 is 9.47 Å². The Labute approximate surface area is 132 Å². The van der Waals surface area contributed by atoms with Crippen LogP contribution >= 0.6 is 11.6 Å². The minimum atomic E-state index is -0.125. The van der Waals surface area contributed by atoms with Crippen LogP contribution in [0, 0.1) is 12.8 Å². The van der Waals surface area contributed by atoms with E-state index < -0.39 is 0 Å². The van der Waals surface area contributed by atoms with Crippen molar-refractivity contribution in [3.05, 3.63) is 22.9 Å². The standard InChI is InChI=1S/C13H17ClN6O2/c1-7-17-12(20-19-7)10-8(3-4-22-10)5-15-11-9(14)6-16-13(18-11)21-2/h6,8,10H,3-5H2,1-2H3,(H,15,16,18)(H,17,19,20)/t8-,10-/m0/s1. The second-order valence-electron chi connectivity index (χ2n) is 5.05. The molecule has 2 aromatic heterocycles. The summed E-state index contributed by atoms with van der Waals surface area (Å²) in [5.74, 6) is 2.26. The summed E-state index contributed by atoms with van der Waals surface area (Å²) in [5, 5.41) is 10.7. The number of hydrogen-bond donors (Lipinski definition) is 2. The van der Waals surface area contributed by atoms with Crippen LogP contribution in [0.15, 0.2) is 6.20 Å². The largest absolute Gasteiger partial charge is 0.467 e. The molecule has 2 aromatic rings. The average molecular weight is 325 g/mol. The van der Waals surface area contributed by atoms with Crippen LogP contribution in [0.25, 0.3) is 0 Å². The summed E-state index contributed by atoms with van der Waals surface area (Å²) in [4.78, 5) is 12.5. The number of nitrogens with zero attached hydrogens (tertiary/aromatic N) is 4. The molecule has 8 nitrogen and oxygen atoms in total. The van der Waals surface area contributed by atoms with Gasteiger partial charge in [-0.25, -0.2) is 9.97 Å². The van der Waals surface area contributed by atoms with Crippen molar-refractivity contribution in [2.24, 2.45) is 5.92 Å². The van der Waals surface area contributed by atoms with E-state index in [1.807, 2.05) is 6.92 Å². The molecule has 3 rings (SSSR count). The Kier molecular flexibility index (Phi) is 4.39. The number of halogens is 1. The van der Waals surface area contributed by atoms with E-state index in [-0.39, 0.29) is 18.0 Å². The molecule has 9 heteroatoms. The van der Waals surface area contributed by atoms with Crippen LogP contribution in [0.2, 0.25) is 5.02 Å². The van der Waals surface area contributed by atoms with Crippen LogP contribution in [0.5, 0.6) is 6.01 Å². The zero-order valence-electron chi connectivity index (χ0n) is 12.3. The molecule has 0 unspecified atom stereocenters. The van der Waals surface area contributed by atoms with Gasteiger partial charge in [-0.3, -0.25) is 5.10 Å². The second kappa shape index (κ2) is 6.45. The molecule has 0 amide bonds. The number of methoxy groups -OCH3 is 1. The lowest BCUT2D eigenvalue weighted by Gasteiger charge is -2.17. The Bertz CT molecular complexity index is 649. The van der Waals surface area contributed by atoms with Crippen LogP contribution < -0.4 is 10.1 Å². The van der Waals surface area contributed by atoms with E-state index in [9.17, 15) is 0 Å². The monoisotopic (exact) mass is 324 g/mol. The average Bonchev–Trinajstić information content (AvgIpc) is 3.15. The van der Waals surface area contributed by atoms with Crippen molar-refractivity contribution in [1.82, 2.24) is 25.1 Å². The molecule has 0 radical (unpaired) electrons. The second-order valence-corrected chi connectivity index (χ2v) is 5.46. The van der Waals surface area contributed by atoms with Crippen LogP contribution in [-0.4, -0.2) is 45.4 Å². The first-order chi connectivity index (χ1) is 10.7. The lowest BCUT2D eigenvalue weighted by Crippen LogP contribution is -2.19. The molecule has 3 heterocycles. The summed E-state index contributed by atoms with van der Waals surface area (Å²) in [5.41, 5.74) is 0. The molecule has 1 saturated heterocycles. The summed E-state index contributed by atoms with van der Waals surface area (Å²) < 4.78 is 10.8. The van der Waals surface area contributed by atoms with Crippen LogP contribution in [-0.2, 0) is 4.74 Å². The Balaban J connectivity index is 1.68. The zero-order valence-corrected chi connectivity index (χ0v) is 13.1. The Hall–Kier alpha value is -1.93. The first-order valence-corrected chi connectivity index (χ1v) is 7.36. The van der Waals surface area contributed by atoms with E-state index in [4.69, 9.17) is 21.1 Å². The maximum Gasteiger partial charge on any atom is 0.318 e. The number of rotatable bonds is 5. The Morgan fingerprint density at radius 2 is 2.36 bits per heavy atom. The number of ether oxygens (including phenoxy) is 2. The fraction of sp³-hybridized carbons (Fsp3) is 0.538. The minimum Gasteiger partial charge on any atom is -0.467 e. The van der Waals surface area contributed by atoms with Gasteiger partial charge in [-0.15, -0.1) is 0 Å². The van der Waals surface area contributed by atoms with Crippen molar-refractivity contribution in [1.29, 1.82) is 0 Å². The lowest BCUT2D eigenvalue weighted by molar-refractivity contribution is 0.0863. The smallest absolute Gasteiger partial charge is 0.318 e. The van der Waals surface area contributed by atoms with E-state index in [1.54, 1.807) is 0 Å². The molecule has 0 saturated carbocycles. The topological polar surface area (TPSA) is 97.8 Å². The third-order valence-electron chi connectivity index (χ3n) is 3.52. The maximum atomic E-state index is 6.09. The summed E-state index contributed by atoms with van der Waals surface area (Å²) in [6, 6.07) is 0.274. The van der Waals surface area contributed by atoms with Crippen molar-refractivity contribution in [2.45, 2.75) is 19.4 Å². The molecule has 1 fully saturated rings. The van der Waals surface area contributed by atoms with Gasteiger partial charge in [-0.1, -0.05) is 11.6 Å².